The summed E-state index contributed by atoms with van der Waals surface area (Å²) in [5.74, 6) is 1.77. The average Bonchev–Trinajstić information content (AvgIpc) is 3.44. The SMILES string of the molecule is Clc1ccc(C2=NCc3nnc(CNC4CC4)n3-c3cc(Br)ccc32)cc1. The smallest absolute Gasteiger partial charge is 0.159 e. The highest BCUT2D eigenvalue weighted by Gasteiger charge is 2.25. The lowest BCUT2D eigenvalue weighted by Gasteiger charge is -2.14. The first-order valence-electron chi connectivity index (χ1n) is 8.96. The van der Waals surface area contributed by atoms with E-state index in [2.05, 4.69) is 48.1 Å². The van der Waals surface area contributed by atoms with E-state index in [1.54, 1.807) is 0 Å². The predicted octanol–water partition coefficient (Wildman–Crippen LogP) is 4.29. The number of aliphatic imine (C=N–C) groups is 1. The van der Waals surface area contributed by atoms with Crippen molar-refractivity contribution in [1.82, 2.24) is 20.1 Å². The molecule has 0 spiro atoms. The van der Waals surface area contributed by atoms with Crippen LogP contribution in [0.5, 0.6) is 0 Å². The fourth-order valence-electron chi connectivity index (χ4n) is 3.35. The van der Waals surface area contributed by atoms with Gasteiger partial charge in [0.25, 0.3) is 0 Å². The first-order valence-corrected chi connectivity index (χ1v) is 10.1. The van der Waals surface area contributed by atoms with Gasteiger partial charge in [0.2, 0.25) is 0 Å². The summed E-state index contributed by atoms with van der Waals surface area (Å²) in [5.41, 5.74) is 4.09. The maximum atomic E-state index is 6.07. The van der Waals surface area contributed by atoms with E-state index in [-0.39, 0.29) is 0 Å². The zero-order valence-electron chi connectivity index (χ0n) is 14.5. The van der Waals surface area contributed by atoms with Gasteiger partial charge in [-0.05, 0) is 43.2 Å². The fourth-order valence-corrected chi connectivity index (χ4v) is 3.83. The molecule has 1 N–H and O–H groups in total. The molecule has 27 heavy (non-hydrogen) atoms. The van der Waals surface area contributed by atoms with Crippen LogP contribution in [0.2, 0.25) is 5.02 Å². The van der Waals surface area contributed by atoms with Crippen molar-refractivity contribution >= 4 is 33.2 Å². The summed E-state index contributed by atoms with van der Waals surface area (Å²) in [7, 11) is 0. The third-order valence-electron chi connectivity index (χ3n) is 4.88. The minimum atomic E-state index is 0.487. The van der Waals surface area contributed by atoms with E-state index in [1.165, 1.54) is 12.8 Å². The van der Waals surface area contributed by atoms with Gasteiger partial charge in [0, 0.05) is 26.7 Å². The molecule has 2 aromatic carbocycles. The van der Waals surface area contributed by atoms with Crippen LogP contribution in [0.15, 0.2) is 51.9 Å². The number of aromatic nitrogens is 3. The van der Waals surface area contributed by atoms with Crippen LogP contribution in [0.1, 0.15) is 35.6 Å². The van der Waals surface area contributed by atoms with Gasteiger partial charge < -0.3 is 5.32 Å². The maximum absolute atomic E-state index is 6.07. The van der Waals surface area contributed by atoms with Crippen molar-refractivity contribution in [1.29, 1.82) is 0 Å². The van der Waals surface area contributed by atoms with Gasteiger partial charge in [-0.3, -0.25) is 9.56 Å². The molecule has 0 atom stereocenters. The van der Waals surface area contributed by atoms with Gasteiger partial charge in [0.05, 0.1) is 17.9 Å². The summed E-state index contributed by atoms with van der Waals surface area (Å²) >= 11 is 9.68. The molecule has 0 amide bonds. The van der Waals surface area contributed by atoms with Crippen LogP contribution in [0.3, 0.4) is 0 Å². The van der Waals surface area contributed by atoms with Crippen LogP contribution in [0, 0.1) is 0 Å². The maximum Gasteiger partial charge on any atom is 0.159 e. The molecule has 5 rings (SSSR count). The first-order chi connectivity index (χ1) is 13.2. The number of nitrogens with one attached hydrogen (secondary N) is 1. The minimum Gasteiger partial charge on any atom is -0.307 e. The average molecular weight is 443 g/mol. The number of rotatable bonds is 4. The third kappa shape index (κ3) is 3.33. The Labute approximate surface area is 170 Å². The summed E-state index contributed by atoms with van der Waals surface area (Å²) in [6.45, 7) is 1.20. The standard InChI is InChI=1S/C20H17BrClN5/c21-13-3-8-16-17(9-13)27-18(10-23-15-6-7-15)25-26-19(27)11-24-20(16)12-1-4-14(22)5-2-12/h1-5,8-9,15,23H,6-7,10-11H2. The number of benzene rings is 2. The lowest BCUT2D eigenvalue weighted by molar-refractivity contribution is 0.645. The molecule has 2 aliphatic rings. The molecular formula is C20H17BrClN5. The molecular weight excluding hydrogens is 426 g/mol. The van der Waals surface area contributed by atoms with Crippen LogP contribution < -0.4 is 5.32 Å². The van der Waals surface area contributed by atoms with Crippen LogP contribution in [0.4, 0.5) is 0 Å². The van der Waals surface area contributed by atoms with E-state index >= 15 is 0 Å². The van der Waals surface area contributed by atoms with Crippen LogP contribution in [0.25, 0.3) is 5.69 Å². The summed E-state index contributed by atoms with van der Waals surface area (Å²) < 4.78 is 3.15. The van der Waals surface area contributed by atoms with E-state index in [1.807, 2.05) is 30.3 Å². The summed E-state index contributed by atoms with van der Waals surface area (Å²) in [6.07, 6.45) is 2.49. The largest absolute Gasteiger partial charge is 0.307 e. The van der Waals surface area contributed by atoms with Crippen molar-refractivity contribution in [2.75, 3.05) is 0 Å². The van der Waals surface area contributed by atoms with Crippen molar-refractivity contribution in [2.24, 2.45) is 4.99 Å². The number of nitrogens with zero attached hydrogens (tertiary/aromatic N) is 4. The van der Waals surface area contributed by atoms with Crippen molar-refractivity contribution in [2.45, 2.75) is 32.0 Å². The molecule has 0 bridgehead atoms. The molecule has 136 valence electrons. The highest BCUT2D eigenvalue weighted by atomic mass is 79.9. The lowest BCUT2D eigenvalue weighted by atomic mass is 10.0. The van der Waals surface area contributed by atoms with Crippen molar-refractivity contribution in [3.8, 4) is 5.69 Å². The molecule has 0 unspecified atom stereocenters. The zero-order valence-corrected chi connectivity index (χ0v) is 16.8. The minimum absolute atomic E-state index is 0.487. The second kappa shape index (κ2) is 6.86. The molecule has 7 heteroatoms. The second-order valence-electron chi connectivity index (χ2n) is 6.86. The summed E-state index contributed by atoms with van der Waals surface area (Å²) in [5, 5.41) is 13.1. The number of hydrogen-bond acceptors (Lipinski definition) is 4. The van der Waals surface area contributed by atoms with E-state index < -0.39 is 0 Å². The van der Waals surface area contributed by atoms with Gasteiger partial charge in [0.1, 0.15) is 6.54 Å². The van der Waals surface area contributed by atoms with Crippen LogP contribution in [-0.4, -0.2) is 26.5 Å². The Bertz CT molecular complexity index is 1040. The van der Waals surface area contributed by atoms with Gasteiger partial charge in [-0.1, -0.05) is 39.7 Å². The van der Waals surface area contributed by atoms with Gasteiger partial charge in [-0.2, -0.15) is 0 Å². The van der Waals surface area contributed by atoms with Crippen molar-refractivity contribution in [3.63, 3.8) is 0 Å². The first kappa shape index (κ1) is 17.1. The Hall–Kier alpha value is -2.02. The Morgan fingerprint density at radius 3 is 2.70 bits per heavy atom. The molecule has 2 heterocycles. The number of halogens is 2. The second-order valence-corrected chi connectivity index (χ2v) is 8.21. The van der Waals surface area contributed by atoms with Crippen LogP contribution >= 0.6 is 27.5 Å². The normalized spacial score (nSPS) is 15.7. The fraction of sp³-hybridized carbons (Fsp3) is 0.250. The molecule has 0 radical (unpaired) electrons. The quantitative estimate of drug-likeness (QED) is 0.656. The van der Waals surface area contributed by atoms with Gasteiger partial charge in [-0.15, -0.1) is 10.2 Å². The van der Waals surface area contributed by atoms with Gasteiger partial charge in [0.15, 0.2) is 11.6 Å². The molecule has 1 aliphatic heterocycles. The topological polar surface area (TPSA) is 55.1 Å². The molecule has 1 saturated carbocycles. The Balaban J connectivity index is 1.63. The van der Waals surface area contributed by atoms with E-state index in [0.29, 0.717) is 19.1 Å². The molecule has 1 fully saturated rings. The Morgan fingerprint density at radius 2 is 1.93 bits per heavy atom. The summed E-state index contributed by atoms with van der Waals surface area (Å²) in [4.78, 5) is 4.87. The lowest BCUT2D eigenvalue weighted by Crippen LogP contribution is -2.19. The summed E-state index contributed by atoms with van der Waals surface area (Å²) in [6, 6.07) is 14.7. The Morgan fingerprint density at radius 1 is 1.11 bits per heavy atom. The van der Waals surface area contributed by atoms with Gasteiger partial charge >= 0.3 is 0 Å². The van der Waals surface area contributed by atoms with Gasteiger partial charge in [-0.25, -0.2) is 0 Å². The molecule has 5 nitrogen and oxygen atoms in total. The zero-order chi connectivity index (χ0) is 18.4. The molecule has 3 aromatic rings. The van der Waals surface area contributed by atoms with E-state index in [4.69, 9.17) is 16.6 Å². The number of fused-ring (bicyclic) bond motifs is 3. The van der Waals surface area contributed by atoms with E-state index in [9.17, 15) is 0 Å². The third-order valence-corrected chi connectivity index (χ3v) is 5.62. The molecule has 0 saturated heterocycles. The molecule has 1 aromatic heterocycles. The van der Waals surface area contributed by atoms with Crippen LogP contribution in [-0.2, 0) is 13.1 Å². The Kier molecular flexibility index (Phi) is 4.34. The van der Waals surface area contributed by atoms with E-state index in [0.717, 1.165) is 43.7 Å². The highest BCUT2D eigenvalue weighted by Crippen LogP contribution is 2.29. The highest BCUT2D eigenvalue weighted by molar-refractivity contribution is 9.10. The van der Waals surface area contributed by atoms with Crippen molar-refractivity contribution < 1.29 is 0 Å². The molecule has 1 aliphatic carbocycles. The number of hydrogen-bond donors (Lipinski definition) is 1. The van der Waals surface area contributed by atoms with Crippen molar-refractivity contribution in [3.05, 3.63) is 74.7 Å². The predicted molar refractivity (Wildman–Crippen MR) is 110 cm³/mol. The monoisotopic (exact) mass is 441 g/mol.